The molecule has 9 nitrogen and oxygen atoms in total. The third-order valence-corrected chi connectivity index (χ3v) is 9.19. The maximum atomic E-state index is 12.4. The molecule has 232 valence electrons. The molecule has 1 aliphatic carbocycles. The van der Waals surface area contributed by atoms with Gasteiger partial charge in [0.2, 0.25) is 0 Å². The van der Waals surface area contributed by atoms with Crippen molar-refractivity contribution in [1.82, 2.24) is 23.5 Å². The maximum absolute atomic E-state index is 12.4. The highest BCUT2D eigenvalue weighted by molar-refractivity contribution is 6.99. The van der Waals surface area contributed by atoms with Gasteiger partial charge < -0.3 is 20.3 Å². The molecule has 0 radical (unpaired) electrons. The second kappa shape index (κ2) is 13.0. The molecule has 1 unspecified atom stereocenters. The Bertz CT molecular complexity index is 1360. The summed E-state index contributed by atoms with van der Waals surface area (Å²) in [5, 5.41) is 7.31. The van der Waals surface area contributed by atoms with Crippen LogP contribution in [-0.4, -0.2) is 80.7 Å². The Morgan fingerprint density at radius 2 is 1.77 bits per heavy atom. The van der Waals surface area contributed by atoms with Crippen molar-refractivity contribution < 1.29 is 17.9 Å². The summed E-state index contributed by atoms with van der Waals surface area (Å²) in [4.78, 5) is 12.1. The lowest BCUT2D eigenvalue weighted by molar-refractivity contribution is -0.274. The Hall–Kier alpha value is -2.87. The van der Waals surface area contributed by atoms with Gasteiger partial charge in [0.25, 0.3) is 0 Å². The second-order valence-corrected chi connectivity index (χ2v) is 12.4. The number of pyridine rings is 1. The van der Waals surface area contributed by atoms with Crippen LogP contribution in [0.5, 0.6) is 5.75 Å². The molecule has 3 aliphatic rings. The third-order valence-electron chi connectivity index (χ3n) is 8.38. The first kappa shape index (κ1) is 30.2. The average Bonchev–Trinajstić information content (AvgIpc) is 3.71. The van der Waals surface area contributed by atoms with Crippen LogP contribution in [0.3, 0.4) is 0 Å². The maximum Gasteiger partial charge on any atom is 0.573 e. The number of piperidine rings is 1. The number of likely N-dealkylation sites (tertiary alicyclic amines) is 1. The fourth-order valence-electron chi connectivity index (χ4n) is 6.02. The average molecular weight is 637 g/mol. The Balaban J connectivity index is 1.00. The van der Waals surface area contributed by atoms with E-state index in [2.05, 4.69) is 45.7 Å². The molecule has 43 heavy (non-hydrogen) atoms. The summed E-state index contributed by atoms with van der Waals surface area (Å²) in [5.41, 5.74) is 1.76. The number of benzene rings is 1. The van der Waals surface area contributed by atoms with Crippen molar-refractivity contribution in [3.63, 3.8) is 0 Å². The SMILES string of the molecule is CCC1CN(c2ncc(Nc3nsnc3NC3CC3)cc2Cl)CCN1C1CCN(Cc2ccc(OC(F)(F)F)cc2)CC1. The third kappa shape index (κ3) is 7.81. The van der Waals surface area contributed by atoms with E-state index in [-0.39, 0.29) is 5.75 Å². The van der Waals surface area contributed by atoms with Gasteiger partial charge in [-0.2, -0.15) is 8.75 Å². The van der Waals surface area contributed by atoms with Gasteiger partial charge in [-0.1, -0.05) is 30.7 Å². The van der Waals surface area contributed by atoms with Crippen molar-refractivity contribution in [2.24, 2.45) is 0 Å². The highest BCUT2D eigenvalue weighted by atomic mass is 35.5. The van der Waals surface area contributed by atoms with E-state index >= 15 is 0 Å². The minimum atomic E-state index is -4.67. The number of hydrogen-bond donors (Lipinski definition) is 2. The molecule has 3 aromatic rings. The van der Waals surface area contributed by atoms with E-state index in [1.54, 1.807) is 18.3 Å². The van der Waals surface area contributed by atoms with Crippen molar-refractivity contribution in [3.05, 3.63) is 47.1 Å². The summed E-state index contributed by atoms with van der Waals surface area (Å²) < 4.78 is 50.1. The zero-order valence-corrected chi connectivity index (χ0v) is 25.6. The van der Waals surface area contributed by atoms with Gasteiger partial charge in [-0.3, -0.25) is 9.80 Å². The van der Waals surface area contributed by atoms with Crippen LogP contribution < -0.4 is 20.3 Å². The van der Waals surface area contributed by atoms with Gasteiger partial charge in [0.1, 0.15) is 11.6 Å². The number of aromatic nitrogens is 3. The van der Waals surface area contributed by atoms with Crippen LogP contribution in [0.2, 0.25) is 5.02 Å². The van der Waals surface area contributed by atoms with Crippen molar-refractivity contribution in [2.75, 3.05) is 48.3 Å². The van der Waals surface area contributed by atoms with Crippen LogP contribution in [0.4, 0.5) is 36.3 Å². The monoisotopic (exact) mass is 636 g/mol. The van der Waals surface area contributed by atoms with Gasteiger partial charge in [-0.25, -0.2) is 4.98 Å². The molecule has 4 heterocycles. The molecule has 3 fully saturated rings. The molecular formula is C29H36ClF3N8OS. The number of hydrogen-bond acceptors (Lipinski definition) is 10. The summed E-state index contributed by atoms with van der Waals surface area (Å²) in [5.74, 6) is 2.09. The van der Waals surface area contributed by atoms with E-state index in [1.807, 2.05) is 6.07 Å². The molecule has 6 rings (SSSR count). The van der Waals surface area contributed by atoms with Crippen LogP contribution >= 0.6 is 23.3 Å². The van der Waals surface area contributed by atoms with E-state index in [1.165, 1.54) is 23.9 Å². The van der Waals surface area contributed by atoms with Gasteiger partial charge in [-0.05, 0) is 69.0 Å². The van der Waals surface area contributed by atoms with Crippen LogP contribution in [0.15, 0.2) is 36.5 Å². The molecule has 0 spiro atoms. The van der Waals surface area contributed by atoms with Crippen molar-refractivity contribution in [3.8, 4) is 5.75 Å². The Morgan fingerprint density at radius 1 is 1.02 bits per heavy atom. The molecule has 2 aliphatic heterocycles. The molecule has 0 bridgehead atoms. The normalized spacial score (nSPS) is 20.8. The van der Waals surface area contributed by atoms with E-state index in [0.717, 1.165) is 94.3 Å². The molecule has 2 aromatic heterocycles. The largest absolute Gasteiger partial charge is 0.573 e. The summed E-state index contributed by atoms with van der Waals surface area (Å²) in [7, 11) is 0. The van der Waals surface area contributed by atoms with Crippen molar-refractivity contribution >= 4 is 46.5 Å². The second-order valence-electron chi connectivity index (χ2n) is 11.5. The predicted octanol–water partition coefficient (Wildman–Crippen LogP) is 6.37. The van der Waals surface area contributed by atoms with E-state index in [4.69, 9.17) is 16.6 Å². The molecule has 2 N–H and O–H groups in total. The van der Waals surface area contributed by atoms with E-state index < -0.39 is 6.36 Å². The number of anilines is 4. The van der Waals surface area contributed by atoms with Crippen LogP contribution in [0, 0.1) is 0 Å². The number of halogens is 4. The Kier molecular flexibility index (Phi) is 9.13. The van der Waals surface area contributed by atoms with Crippen LogP contribution in [-0.2, 0) is 6.54 Å². The summed E-state index contributed by atoms with van der Waals surface area (Å²) in [6, 6.07) is 9.49. The zero-order chi connectivity index (χ0) is 30.0. The highest BCUT2D eigenvalue weighted by Crippen LogP contribution is 2.34. The summed E-state index contributed by atoms with van der Waals surface area (Å²) in [6.07, 6.45) is 2.62. The molecule has 1 aromatic carbocycles. The first-order valence-corrected chi connectivity index (χ1v) is 15.9. The number of nitrogens with one attached hydrogen (secondary N) is 2. The first-order valence-electron chi connectivity index (χ1n) is 14.8. The van der Waals surface area contributed by atoms with Gasteiger partial charge in [0, 0.05) is 44.3 Å². The number of piperazine rings is 1. The zero-order valence-electron chi connectivity index (χ0n) is 24.0. The topological polar surface area (TPSA) is 81.7 Å². The molecule has 14 heteroatoms. The highest BCUT2D eigenvalue weighted by Gasteiger charge is 2.34. The number of alkyl halides is 3. The van der Waals surface area contributed by atoms with Crippen LogP contribution in [0.1, 0.15) is 44.6 Å². The minimum absolute atomic E-state index is 0.188. The minimum Gasteiger partial charge on any atom is -0.406 e. The smallest absolute Gasteiger partial charge is 0.406 e. The quantitative estimate of drug-likeness (QED) is 0.264. The number of ether oxygens (including phenoxy) is 1. The van der Waals surface area contributed by atoms with Gasteiger partial charge >= 0.3 is 6.36 Å². The standard InChI is InChI=1S/C29H36ClF3N8OS/c1-2-22-18-40(28-25(30)15-21(16-34-28)36-27-26(37-43-38-27)35-20-5-6-20)13-14-41(22)23-9-11-39(12-10-23)17-19-3-7-24(8-4-19)42-29(31,32)33/h3-4,7-8,15-16,20,22-23H,2,5-6,9-14,17-18H2,1H3,(H,35,37)(H,36,38). The summed E-state index contributed by atoms with van der Waals surface area (Å²) >= 11 is 7.94. The van der Waals surface area contributed by atoms with Crippen molar-refractivity contribution in [2.45, 2.75) is 70.1 Å². The molecule has 1 atom stereocenters. The fraction of sp³-hybridized carbons (Fsp3) is 0.552. The number of nitrogens with zero attached hydrogens (tertiary/aromatic N) is 6. The molecule has 1 saturated carbocycles. The van der Waals surface area contributed by atoms with Gasteiger partial charge in [-0.15, -0.1) is 13.2 Å². The Labute approximate surface area is 258 Å². The van der Waals surface area contributed by atoms with E-state index in [9.17, 15) is 13.2 Å². The number of rotatable bonds is 10. The summed E-state index contributed by atoms with van der Waals surface area (Å²) in [6.45, 7) is 7.54. The predicted molar refractivity (Wildman–Crippen MR) is 164 cm³/mol. The van der Waals surface area contributed by atoms with Gasteiger partial charge in [0.15, 0.2) is 11.6 Å². The molecule has 2 saturated heterocycles. The van der Waals surface area contributed by atoms with Crippen molar-refractivity contribution in [1.29, 1.82) is 0 Å². The van der Waals surface area contributed by atoms with Crippen LogP contribution in [0.25, 0.3) is 0 Å². The van der Waals surface area contributed by atoms with Gasteiger partial charge in [0.05, 0.1) is 28.6 Å². The molecular weight excluding hydrogens is 601 g/mol. The first-order chi connectivity index (χ1) is 20.7. The molecule has 0 amide bonds. The Morgan fingerprint density at radius 3 is 2.44 bits per heavy atom. The van der Waals surface area contributed by atoms with E-state index in [0.29, 0.717) is 29.0 Å². The lowest BCUT2D eigenvalue weighted by atomic mass is 9.98. The lowest BCUT2D eigenvalue weighted by Gasteiger charge is -2.47. The lowest BCUT2D eigenvalue weighted by Crippen LogP contribution is -2.58. The fourth-order valence-corrected chi connectivity index (χ4v) is 6.79.